The molecule has 2 aliphatic rings. The van der Waals surface area contributed by atoms with Crippen LogP contribution in [0.25, 0.3) is 0 Å². The highest BCUT2D eigenvalue weighted by molar-refractivity contribution is 6.31. The Morgan fingerprint density at radius 1 is 1.21 bits per heavy atom. The summed E-state index contributed by atoms with van der Waals surface area (Å²) in [7, 11) is 0. The Morgan fingerprint density at radius 2 is 2.00 bits per heavy atom. The van der Waals surface area contributed by atoms with E-state index in [1.54, 1.807) is 12.1 Å². The van der Waals surface area contributed by atoms with Gasteiger partial charge in [0.15, 0.2) is 0 Å². The quantitative estimate of drug-likeness (QED) is 0.900. The van der Waals surface area contributed by atoms with Crippen LogP contribution in [-0.2, 0) is 0 Å². The maximum atomic E-state index is 14.2. The van der Waals surface area contributed by atoms with E-state index in [-0.39, 0.29) is 17.9 Å². The predicted molar refractivity (Wildman–Crippen MR) is 75.7 cm³/mol. The Kier molecular flexibility index (Phi) is 3.79. The van der Waals surface area contributed by atoms with Crippen LogP contribution in [0.4, 0.5) is 4.39 Å². The summed E-state index contributed by atoms with van der Waals surface area (Å²) in [5.41, 5.74) is 6.94. The molecule has 2 fully saturated rings. The van der Waals surface area contributed by atoms with Crippen LogP contribution in [0.3, 0.4) is 0 Å². The third-order valence-electron chi connectivity index (χ3n) is 4.28. The summed E-state index contributed by atoms with van der Waals surface area (Å²) < 4.78 is 14.2. The van der Waals surface area contributed by atoms with Crippen LogP contribution in [0.5, 0.6) is 0 Å². The molecule has 2 unspecified atom stereocenters. The lowest BCUT2D eigenvalue weighted by atomic mass is 9.95. The molecule has 1 saturated carbocycles. The lowest BCUT2D eigenvalue weighted by Gasteiger charge is -2.34. The van der Waals surface area contributed by atoms with Gasteiger partial charge in [0.2, 0.25) is 0 Å². The minimum absolute atomic E-state index is 0.0301. The van der Waals surface area contributed by atoms with Gasteiger partial charge in [0.05, 0.1) is 6.04 Å². The van der Waals surface area contributed by atoms with E-state index in [9.17, 15) is 4.39 Å². The van der Waals surface area contributed by atoms with Crippen molar-refractivity contribution in [3.63, 3.8) is 0 Å². The smallest absolute Gasteiger partial charge is 0.129 e. The molecule has 0 amide bonds. The van der Waals surface area contributed by atoms with Crippen molar-refractivity contribution in [1.82, 2.24) is 4.90 Å². The molecule has 1 aromatic rings. The van der Waals surface area contributed by atoms with Gasteiger partial charge < -0.3 is 5.73 Å². The molecule has 3 rings (SSSR count). The second kappa shape index (κ2) is 5.39. The van der Waals surface area contributed by atoms with Crippen LogP contribution in [0, 0.1) is 5.82 Å². The number of hydrogen-bond donors (Lipinski definition) is 1. The van der Waals surface area contributed by atoms with Crippen molar-refractivity contribution in [2.24, 2.45) is 5.73 Å². The van der Waals surface area contributed by atoms with Gasteiger partial charge in [-0.25, -0.2) is 4.39 Å². The number of benzene rings is 1. The molecule has 19 heavy (non-hydrogen) atoms. The van der Waals surface area contributed by atoms with Crippen molar-refractivity contribution in [1.29, 1.82) is 0 Å². The van der Waals surface area contributed by atoms with Crippen molar-refractivity contribution in [2.45, 2.75) is 50.2 Å². The second-order valence-electron chi connectivity index (χ2n) is 5.71. The van der Waals surface area contributed by atoms with Crippen molar-refractivity contribution in [3.05, 3.63) is 34.6 Å². The minimum Gasteiger partial charge on any atom is -0.326 e. The maximum absolute atomic E-state index is 14.2. The third-order valence-corrected chi connectivity index (χ3v) is 4.61. The summed E-state index contributed by atoms with van der Waals surface area (Å²) in [6.45, 7) is 1.01. The molecule has 0 spiro atoms. The zero-order chi connectivity index (χ0) is 13.4. The standard InChI is InChI=1S/C15H20ClFN2/c16-11-4-3-5-12(17)14(11)15-13(18)6-1-2-9-19(15)10-7-8-10/h3-5,10,13,15H,1-2,6-9,18H2. The van der Waals surface area contributed by atoms with Gasteiger partial charge in [0, 0.05) is 22.7 Å². The van der Waals surface area contributed by atoms with E-state index < -0.39 is 0 Å². The molecule has 0 bridgehead atoms. The van der Waals surface area contributed by atoms with Crippen LogP contribution >= 0.6 is 11.6 Å². The van der Waals surface area contributed by atoms with Gasteiger partial charge in [-0.3, -0.25) is 4.90 Å². The molecule has 1 aromatic carbocycles. The van der Waals surface area contributed by atoms with E-state index >= 15 is 0 Å². The first kappa shape index (κ1) is 13.3. The lowest BCUT2D eigenvalue weighted by Crippen LogP contribution is -2.41. The first-order valence-corrected chi connectivity index (χ1v) is 7.51. The zero-order valence-electron chi connectivity index (χ0n) is 11.0. The molecule has 0 radical (unpaired) electrons. The van der Waals surface area contributed by atoms with Crippen molar-refractivity contribution >= 4 is 11.6 Å². The second-order valence-corrected chi connectivity index (χ2v) is 6.12. The normalized spacial score (nSPS) is 29.2. The first-order chi connectivity index (χ1) is 9.18. The summed E-state index contributed by atoms with van der Waals surface area (Å²) in [6.07, 6.45) is 5.61. The number of hydrogen-bond acceptors (Lipinski definition) is 2. The Bertz CT molecular complexity index is 441. The van der Waals surface area contributed by atoms with Gasteiger partial charge >= 0.3 is 0 Å². The Hall–Kier alpha value is -0.640. The Morgan fingerprint density at radius 3 is 2.68 bits per heavy atom. The topological polar surface area (TPSA) is 29.3 Å². The molecule has 1 aliphatic heterocycles. The molecular formula is C15H20ClFN2. The molecule has 2 nitrogen and oxygen atoms in total. The van der Waals surface area contributed by atoms with Crippen LogP contribution < -0.4 is 5.73 Å². The molecule has 0 aromatic heterocycles. The van der Waals surface area contributed by atoms with Gasteiger partial charge in [-0.15, -0.1) is 0 Å². The largest absolute Gasteiger partial charge is 0.326 e. The number of nitrogens with two attached hydrogens (primary N) is 1. The SMILES string of the molecule is NC1CCCCN(C2CC2)C1c1c(F)cccc1Cl. The average Bonchev–Trinajstić information content (AvgIpc) is 3.18. The highest BCUT2D eigenvalue weighted by Crippen LogP contribution is 2.41. The van der Waals surface area contributed by atoms with Gasteiger partial charge in [-0.2, -0.15) is 0 Å². The van der Waals surface area contributed by atoms with Gasteiger partial charge in [0.25, 0.3) is 0 Å². The van der Waals surface area contributed by atoms with E-state index in [1.165, 1.54) is 18.9 Å². The number of rotatable bonds is 2. The fourth-order valence-electron chi connectivity index (χ4n) is 3.21. The highest BCUT2D eigenvalue weighted by Gasteiger charge is 2.39. The van der Waals surface area contributed by atoms with E-state index in [0.29, 0.717) is 16.6 Å². The summed E-state index contributed by atoms with van der Waals surface area (Å²) in [6, 6.07) is 5.39. The van der Waals surface area contributed by atoms with Crippen molar-refractivity contribution in [2.75, 3.05) is 6.54 Å². The fraction of sp³-hybridized carbons (Fsp3) is 0.600. The van der Waals surface area contributed by atoms with Crippen LogP contribution in [0.15, 0.2) is 18.2 Å². The third kappa shape index (κ3) is 2.64. The van der Waals surface area contributed by atoms with Gasteiger partial charge in [-0.1, -0.05) is 24.1 Å². The molecule has 2 N–H and O–H groups in total. The lowest BCUT2D eigenvalue weighted by molar-refractivity contribution is 0.172. The van der Waals surface area contributed by atoms with E-state index in [2.05, 4.69) is 4.90 Å². The van der Waals surface area contributed by atoms with E-state index in [4.69, 9.17) is 17.3 Å². The molecule has 104 valence electrons. The van der Waals surface area contributed by atoms with Gasteiger partial charge in [-0.05, 0) is 44.4 Å². The molecule has 4 heteroatoms. The maximum Gasteiger partial charge on any atom is 0.129 e. The molecule has 1 aliphatic carbocycles. The monoisotopic (exact) mass is 282 g/mol. The molecule has 1 heterocycles. The highest BCUT2D eigenvalue weighted by atomic mass is 35.5. The average molecular weight is 283 g/mol. The Balaban J connectivity index is 2.01. The van der Waals surface area contributed by atoms with Crippen LogP contribution in [-0.4, -0.2) is 23.5 Å². The first-order valence-electron chi connectivity index (χ1n) is 7.13. The fourth-order valence-corrected chi connectivity index (χ4v) is 3.48. The minimum atomic E-state index is -0.222. The summed E-state index contributed by atoms with van der Waals surface area (Å²) in [5, 5.41) is 0.507. The van der Waals surface area contributed by atoms with Crippen LogP contribution in [0.2, 0.25) is 5.02 Å². The zero-order valence-corrected chi connectivity index (χ0v) is 11.7. The summed E-state index contributed by atoms with van der Waals surface area (Å²) in [4.78, 5) is 2.39. The van der Waals surface area contributed by atoms with Gasteiger partial charge in [0.1, 0.15) is 5.82 Å². The number of halogens is 2. The molecule has 2 atom stereocenters. The number of likely N-dealkylation sites (tertiary alicyclic amines) is 1. The predicted octanol–water partition coefficient (Wildman–Crippen LogP) is 3.50. The summed E-state index contributed by atoms with van der Waals surface area (Å²) in [5.74, 6) is -0.222. The van der Waals surface area contributed by atoms with E-state index in [1.807, 2.05) is 0 Å². The Labute approximate surface area is 118 Å². The van der Waals surface area contributed by atoms with Crippen molar-refractivity contribution in [3.8, 4) is 0 Å². The van der Waals surface area contributed by atoms with Crippen LogP contribution in [0.1, 0.15) is 43.7 Å². The summed E-state index contributed by atoms with van der Waals surface area (Å²) >= 11 is 6.25. The van der Waals surface area contributed by atoms with Crippen molar-refractivity contribution < 1.29 is 4.39 Å². The molecule has 1 saturated heterocycles. The number of nitrogens with zero attached hydrogens (tertiary/aromatic N) is 1. The van der Waals surface area contributed by atoms with E-state index in [0.717, 1.165) is 25.8 Å². The molecular weight excluding hydrogens is 263 g/mol.